The van der Waals surface area contributed by atoms with Crippen LogP contribution >= 0.6 is 11.3 Å². The molecule has 1 fully saturated rings. The molecule has 2 aromatic rings. The smallest absolute Gasteiger partial charge is 0.339 e. The number of ketones is 1. The van der Waals surface area contributed by atoms with Crippen LogP contribution in [-0.2, 0) is 9.53 Å². The first-order valence-corrected chi connectivity index (χ1v) is 9.13. The lowest BCUT2D eigenvalue weighted by atomic mass is 10.0. The number of esters is 1. The molecule has 1 aliphatic rings. The maximum absolute atomic E-state index is 12.6. The maximum Gasteiger partial charge on any atom is 0.339 e. The second-order valence-corrected chi connectivity index (χ2v) is 6.88. The predicted octanol–water partition coefficient (Wildman–Crippen LogP) is 3.15. The molecular weight excluding hydrogens is 338 g/mol. The van der Waals surface area contributed by atoms with Gasteiger partial charge in [0.15, 0.2) is 6.10 Å². The van der Waals surface area contributed by atoms with E-state index in [0.29, 0.717) is 18.0 Å². The number of rotatable bonds is 5. The molecule has 0 spiro atoms. The van der Waals surface area contributed by atoms with Gasteiger partial charge in [0.05, 0.1) is 10.4 Å². The molecule has 1 aliphatic heterocycles. The van der Waals surface area contributed by atoms with E-state index in [1.165, 1.54) is 11.3 Å². The maximum atomic E-state index is 12.6. The average molecular weight is 357 g/mol. The molecule has 0 radical (unpaired) electrons. The highest BCUT2D eigenvalue weighted by atomic mass is 32.1. The Morgan fingerprint density at radius 1 is 1.04 bits per heavy atom. The zero-order valence-electron chi connectivity index (χ0n) is 13.9. The zero-order valence-corrected chi connectivity index (χ0v) is 14.8. The fraction of sp³-hybridized carbons (Fsp3) is 0.316. The number of carbonyl (C=O) groups is 3. The summed E-state index contributed by atoms with van der Waals surface area (Å²) in [4.78, 5) is 39.7. The van der Waals surface area contributed by atoms with E-state index < -0.39 is 12.1 Å². The third kappa shape index (κ3) is 3.79. The lowest BCUT2D eigenvalue weighted by Crippen LogP contribution is -2.38. The number of hydrogen-bond donors (Lipinski definition) is 0. The summed E-state index contributed by atoms with van der Waals surface area (Å²) >= 11 is 1.32. The quantitative estimate of drug-likeness (QED) is 0.609. The molecule has 130 valence electrons. The van der Waals surface area contributed by atoms with Crippen molar-refractivity contribution in [3.05, 3.63) is 57.8 Å². The second-order valence-electron chi connectivity index (χ2n) is 5.93. The van der Waals surface area contributed by atoms with E-state index in [-0.39, 0.29) is 22.8 Å². The molecule has 1 aromatic carbocycles. The largest absolute Gasteiger partial charge is 0.449 e. The fourth-order valence-electron chi connectivity index (χ4n) is 2.87. The molecule has 0 bridgehead atoms. The highest BCUT2D eigenvalue weighted by Gasteiger charge is 2.28. The van der Waals surface area contributed by atoms with Crippen LogP contribution in [0.1, 0.15) is 45.4 Å². The molecule has 0 aliphatic carbocycles. The van der Waals surface area contributed by atoms with Crippen LogP contribution < -0.4 is 0 Å². The average Bonchev–Trinajstić information content (AvgIpc) is 3.33. The molecule has 1 amide bonds. The van der Waals surface area contributed by atoms with Crippen molar-refractivity contribution in [3.8, 4) is 0 Å². The summed E-state index contributed by atoms with van der Waals surface area (Å²) in [5.74, 6) is -1.06. The third-order valence-corrected chi connectivity index (χ3v) is 5.05. The van der Waals surface area contributed by atoms with Crippen molar-refractivity contribution in [1.29, 1.82) is 0 Å². The normalized spacial score (nSPS) is 15.0. The fourth-order valence-corrected chi connectivity index (χ4v) is 3.55. The van der Waals surface area contributed by atoms with Crippen LogP contribution in [-0.4, -0.2) is 41.8 Å². The van der Waals surface area contributed by atoms with Gasteiger partial charge in [0.2, 0.25) is 5.78 Å². The Bertz CT molecular complexity index is 778. The summed E-state index contributed by atoms with van der Waals surface area (Å²) in [6.07, 6.45) is 1.09. The van der Waals surface area contributed by atoms with Gasteiger partial charge >= 0.3 is 5.97 Å². The van der Waals surface area contributed by atoms with Crippen LogP contribution in [0.3, 0.4) is 0 Å². The minimum Gasteiger partial charge on any atom is -0.449 e. The molecule has 0 saturated carbocycles. The first-order chi connectivity index (χ1) is 12.1. The zero-order chi connectivity index (χ0) is 17.8. The predicted molar refractivity (Wildman–Crippen MR) is 94.9 cm³/mol. The summed E-state index contributed by atoms with van der Waals surface area (Å²) in [7, 11) is 0. The van der Waals surface area contributed by atoms with Gasteiger partial charge in [-0.3, -0.25) is 9.59 Å². The van der Waals surface area contributed by atoms with E-state index in [9.17, 15) is 14.4 Å². The van der Waals surface area contributed by atoms with Crippen molar-refractivity contribution in [2.24, 2.45) is 0 Å². The lowest BCUT2D eigenvalue weighted by molar-refractivity contribution is -0.138. The first kappa shape index (κ1) is 17.4. The van der Waals surface area contributed by atoms with Gasteiger partial charge in [0, 0.05) is 18.7 Å². The Labute approximate surface area is 150 Å². The Morgan fingerprint density at radius 2 is 1.72 bits per heavy atom. The van der Waals surface area contributed by atoms with Crippen molar-refractivity contribution >= 4 is 29.0 Å². The summed E-state index contributed by atoms with van der Waals surface area (Å²) in [5.41, 5.74) is 0.470. The molecule has 5 nitrogen and oxygen atoms in total. The number of benzene rings is 1. The van der Waals surface area contributed by atoms with Gasteiger partial charge in [-0.25, -0.2) is 4.79 Å². The molecular formula is C19H19NO4S. The van der Waals surface area contributed by atoms with Crippen LogP contribution in [0.25, 0.3) is 0 Å². The van der Waals surface area contributed by atoms with E-state index in [2.05, 4.69) is 0 Å². The van der Waals surface area contributed by atoms with Crippen molar-refractivity contribution < 1.29 is 19.1 Å². The highest BCUT2D eigenvalue weighted by molar-refractivity contribution is 7.12. The van der Waals surface area contributed by atoms with Crippen LogP contribution in [0.5, 0.6) is 0 Å². The first-order valence-electron chi connectivity index (χ1n) is 8.25. The van der Waals surface area contributed by atoms with Gasteiger partial charge in [-0.2, -0.15) is 0 Å². The van der Waals surface area contributed by atoms with Crippen molar-refractivity contribution in [3.63, 3.8) is 0 Å². The van der Waals surface area contributed by atoms with Crippen LogP contribution in [0.4, 0.5) is 0 Å². The Hall–Kier alpha value is -2.47. The third-order valence-electron chi connectivity index (χ3n) is 4.19. The van der Waals surface area contributed by atoms with Crippen LogP contribution in [0.15, 0.2) is 41.8 Å². The number of ether oxygens (including phenoxy) is 1. The number of carbonyl (C=O) groups excluding carboxylic acids is 3. The van der Waals surface area contributed by atoms with Gasteiger partial charge in [-0.05, 0) is 37.3 Å². The highest BCUT2D eigenvalue weighted by Crippen LogP contribution is 2.20. The van der Waals surface area contributed by atoms with Gasteiger partial charge < -0.3 is 9.64 Å². The number of likely N-dealkylation sites (tertiary alicyclic amines) is 1. The Kier molecular flexibility index (Phi) is 5.28. The van der Waals surface area contributed by atoms with E-state index in [1.54, 1.807) is 48.2 Å². The van der Waals surface area contributed by atoms with E-state index in [0.717, 1.165) is 12.8 Å². The monoisotopic (exact) mass is 357 g/mol. The van der Waals surface area contributed by atoms with E-state index >= 15 is 0 Å². The number of hydrogen-bond acceptors (Lipinski definition) is 5. The van der Waals surface area contributed by atoms with Gasteiger partial charge in [-0.1, -0.05) is 24.3 Å². The minimum atomic E-state index is -0.865. The molecule has 1 unspecified atom stereocenters. The Morgan fingerprint density at radius 3 is 2.36 bits per heavy atom. The molecule has 1 saturated heterocycles. The van der Waals surface area contributed by atoms with Crippen LogP contribution in [0.2, 0.25) is 0 Å². The standard InChI is InChI=1S/C19H19NO4S/c1-13(18(22)20-10-4-5-11-20)24-19(23)15-8-3-2-7-14(15)17(21)16-9-6-12-25-16/h2-3,6-9,12-13H,4-5,10-11H2,1H3. The summed E-state index contributed by atoms with van der Waals surface area (Å²) in [5, 5.41) is 1.81. The number of nitrogens with zero attached hydrogens (tertiary/aromatic N) is 1. The Balaban J connectivity index is 1.76. The summed E-state index contributed by atoms with van der Waals surface area (Å²) < 4.78 is 5.34. The lowest BCUT2D eigenvalue weighted by Gasteiger charge is -2.20. The minimum absolute atomic E-state index is 0.182. The van der Waals surface area contributed by atoms with Crippen LogP contribution in [0, 0.1) is 0 Å². The number of amides is 1. The van der Waals surface area contributed by atoms with Crippen molar-refractivity contribution in [2.45, 2.75) is 25.9 Å². The molecule has 1 aromatic heterocycles. The number of thiophene rings is 1. The SMILES string of the molecule is CC(OC(=O)c1ccccc1C(=O)c1cccs1)C(=O)N1CCCC1. The molecule has 25 heavy (non-hydrogen) atoms. The topological polar surface area (TPSA) is 63.7 Å². The molecule has 3 rings (SSSR count). The molecule has 1 atom stereocenters. The molecule has 0 N–H and O–H groups in total. The summed E-state index contributed by atoms with van der Waals surface area (Å²) in [6.45, 7) is 2.98. The van der Waals surface area contributed by atoms with E-state index in [1.807, 2.05) is 5.38 Å². The van der Waals surface area contributed by atoms with Gasteiger partial charge in [0.1, 0.15) is 0 Å². The van der Waals surface area contributed by atoms with Crippen molar-refractivity contribution in [2.75, 3.05) is 13.1 Å². The van der Waals surface area contributed by atoms with Crippen molar-refractivity contribution in [1.82, 2.24) is 4.90 Å². The van der Waals surface area contributed by atoms with Gasteiger partial charge in [0.25, 0.3) is 5.91 Å². The van der Waals surface area contributed by atoms with E-state index in [4.69, 9.17) is 4.74 Å². The summed E-state index contributed by atoms with van der Waals surface area (Å²) in [6, 6.07) is 10.0. The molecule has 2 heterocycles. The van der Waals surface area contributed by atoms with Gasteiger partial charge in [-0.15, -0.1) is 11.3 Å². The second kappa shape index (κ2) is 7.61. The molecule has 6 heteroatoms.